The second-order valence-electron chi connectivity index (χ2n) is 7.25. The van der Waals surface area contributed by atoms with Crippen LogP contribution < -0.4 is 10.6 Å². The summed E-state index contributed by atoms with van der Waals surface area (Å²) < 4.78 is 0. The van der Waals surface area contributed by atoms with Crippen LogP contribution in [0.5, 0.6) is 0 Å². The van der Waals surface area contributed by atoms with Gasteiger partial charge in [-0.25, -0.2) is 0 Å². The third-order valence-corrected chi connectivity index (χ3v) is 5.18. The fourth-order valence-corrected chi connectivity index (χ4v) is 3.85. The molecule has 25 heavy (non-hydrogen) atoms. The lowest BCUT2D eigenvalue weighted by Gasteiger charge is -2.30. The summed E-state index contributed by atoms with van der Waals surface area (Å²) in [7, 11) is 0. The largest absolute Gasteiger partial charge is 0.390 e. The van der Waals surface area contributed by atoms with Gasteiger partial charge < -0.3 is 15.7 Å². The Morgan fingerprint density at radius 2 is 2.04 bits per heavy atom. The lowest BCUT2D eigenvalue weighted by molar-refractivity contribution is 0.111. The number of nitrogens with one attached hydrogen (secondary N) is 2. The van der Waals surface area contributed by atoms with Gasteiger partial charge >= 0.3 is 0 Å². The van der Waals surface area contributed by atoms with E-state index in [1.807, 2.05) is 0 Å². The number of aliphatic hydroxyl groups excluding tert-OH is 1. The summed E-state index contributed by atoms with van der Waals surface area (Å²) in [5.41, 5.74) is 2.84. The van der Waals surface area contributed by atoms with Crippen molar-refractivity contribution in [1.82, 2.24) is 15.5 Å². The van der Waals surface area contributed by atoms with E-state index >= 15 is 0 Å². The van der Waals surface area contributed by atoms with Crippen molar-refractivity contribution in [2.45, 2.75) is 57.7 Å². The third-order valence-electron chi connectivity index (χ3n) is 5.18. The molecule has 1 aliphatic heterocycles. The monoisotopic (exact) mass is 344 g/mol. The first-order valence-corrected chi connectivity index (χ1v) is 9.76. The summed E-state index contributed by atoms with van der Waals surface area (Å²) >= 11 is 0. The van der Waals surface area contributed by atoms with Crippen LogP contribution in [0.3, 0.4) is 0 Å². The molecule has 0 amide bonds. The zero-order valence-corrected chi connectivity index (χ0v) is 15.4. The van der Waals surface area contributed by atoms with Gasteiger partial charge in [-0.15, -0.1) is 0 Å². The highest BCUT2D eigenvalue weighted by Gasteiger charge is 2.19. The number of fused-ring (bicyclic) bond motifs is 1. The van der Waals surface area contributed by atoms with E-state index in [2.05, 4.69) is 51.7 Å². The Kier molecular flexibility index (Phi) is 6.70. The first-order valence-electron chi connectivity index (χ1n) is 9.76. The van der Waals surface area contributed by atoms with Crippen LogP contribution in [0.15, 0.2) is 29.3 Å². The van der Waals surface area contributed by atoms with Gasteiger partial charge in [0.05, 0.1) is 12.6 Å². The molecule has 0 spiro atoms. The van der Waals surface area contributed by atoms with Crippen LogP contribution in [-0.4, -0.2) is 54.3 Å². The van der Waals surface area contributed by atoms with Gasteiger partial charge in [-0.2, -0.15) is 0 Å². The van der Waals surface area contributed by atoms with Crippen molar-refractivity contribution in [1.29, 1.82) is 0 Å². The summed E-state index contributed by atoms with van der Waals surface area (Å²) in [4.78, 5) is 6.94. The molecule has 5 heteroatoms. The Morgan fingerprint density at radius 1 is 1.28 bits per heavy atom. The summed E-state index contributed by atoms with van der Waals surface area (Å²) in [6.45, 7) is 5.99. The van der Waals surface area contributed by atoms with Gasteiger partial charge in [-0.05, 0) is 37.3 Å². The Labute approximate surface area is 151 Å². The van der Waals surface area contributed by atoms with Crippen LogP contribution in [-0.2, 0) is 13.0 Å². The standard InChI is InChI=1S/C20H32N4O/c1-2-21-20(23-18-9-5-6-10-18)22-13-19(25)15-24-12-11-16-7-3-4-8-17(16)14-24/h3-4,7-8,18-19,25H,2,5-6,9-15H2,1H3,(H2,21,22,23). The Morgan fingerprint density at radius 3 is 2.80 bits per heavy atom. The van der Waals surface area contributed by atoms with E-state index in [1.165, 1.54) is 36.8 Å². The number of rotatable bonds is 6. The van der Waals surface area contributed by atoms with Crippen molar-refractivity contribution in [3.05, 3.63) is 35.4 Å². The smallest absolute Gasteiger partial charge is 0.191 e. The zero-order chi connectivity index (χ0) is 17.5. The molecule has 138 valence electrons. The van der Waals surface area contributed by atoms with E-state index in [-0.39, 0.29) is 0 Å². The predicted molar refractivity (Wildman–Crippen MR) is 103 cm³/mol. The molecule has 5 nitrogen and oxygen atoms in total. The average Bonchev–Trinajstić information content (AvgIpc) is 3.13. The van der Waals surface area contributed by atoms with Crippen LogP contribution in [0.1, 0.15) is 43.7 Å². The molecule has 2 aliphatic rings. The second-order valence-corrected chi connectivity index (χ2v) is 7.25. The van der Waals surface area contributed by atoms with Gasteiger partial charge in [0, 0.05) is 32.2 Å². The van der Waals surface area contributed by atoms with Gasteiger partial charge in [-0.1, -0.05) is 37.1 Å². The number of aliphatic hydroxyl groups is 1. The van der Waals surface area contributed by atoms with Crippen molar-refractivity contribution in [3.63, 3.8) is 0 Å². The molecule has 1 heterocycles. The molecule has 3 N–H and O–H groups in total. The first-order chi connectivity index (χ1) is 12.2. The van der Waals surface area contributed by atoms with Crippen LogP contribution in [0.2, 0.25) is 0 Å². The molecule has 1 aromatic carbocycles. The molecule has 0 aromatic heterocycles. The van der Waals surface area contributed by atoms with E-state index in [0.29, 0.717) is 19.1 Å². The fourth-order valence-electron chi connectivity index (χ4n) is 3.85. The van der Waals surface area contributed by atoms with Crippen LogP contribution in [0.25, 0.3) is 0 Å². The van der Waals surface area contributed by atoms with Gasteiger partial charge in [0.1, 0.15) is 0 Å². The maximum Gasteiger partial charge on any atom is 0.191 e. The number of nitrogens with zero attached hydrogens (tertiary/aromatic N) is 2. The van der Waals surface area contributed by atoms with Crippen LogP contribution >= 0.6 is 0 Å². The number of guanidine groups is 1. The molecule has 0 bridgehead atoms. The highest BCUT2D eigenvalue weighted by molar-refractivity contribution is 5.80. The lowest BCUT2D eigenvalue weighted by Crippen LogP contribution is -2.43. The summed E-state index contributed by atoms with van der Waals surface area (Å²) in [6.07, 6.45) is 5.69. The van der Waals surface area contributed by atoms with E-state index in [4.69, 9.17) is 0 Å². The molecule has 3 rings (SSSR count). The highest BCUT2D eigenvalue weighted by atomic mass is 16.3. The van der Waals surface area contributed by atoms with Crippen molar-refractivity contribution in [3.8, 4) is 0 Å². The second kappa shape index (κ2) is 9.20. The summed E-state index contributed by atoms with van der Waals surface area (Å²) in [6, 6.07) is 9.15. The lowest BCUT2D eigenvalue weighted by atomic mass is 10.00. The molecule has 1 atom stereocenters. The normalized spacial score (nSPS) is 20.3. The Hall–Kier alpha value is -1.59. The molecule has 0 radical (unpaired) electrons. The molecule has 1 unspecified atom stereocenters. The minimum absolute atomic E-state index is 0.427. The minimum Gasteiger partial charge on any atom is -0.390 e. The number of β-amino-alcohol motifs (C(OH)–C–C–N with tert-alkyl or cyclic N) is 1. The SMILES string of the molecule is CCNC(=NCC(O)CN1CCc2ccccc2C1)NC1CCCC1. The predicted octanol–water partition coefficient (Wildman–Crippen LogP) is 1.90. The molecule has 1 aliphatic carbocycles. The van der Waals surface area contributed by atoms with Crippen molar-refractivity contribution in [2.75, 3.05) is 26.2 Å². The zero-order valence-electron chi connectivity index (χ0n) is 15.4. The van der Waals surface area contributed by atoms with Gasteiger partial charge in [0.25, 0.3) is 0 Å². The maximum absolute atomic E-state index is 10.4. The first kappa shape index (κ1) is 18.2. The van der Waals surface area contributed by atoms with E-state index < -0.39 is 6.10 Å². The molecular weight excluding hydrogens is 312 g/mol. The molecule has 1 fully saturated rings. The van der Waals surface area contributed by atoms with Gasteiger partial charge in [-0.3, -0.25) is 9.89 Å². The maximum atomic E-state index is 10.4. The average molecular weight is 345 g/mol. The number of benzene rings is 1. The van der Waals surface area contributed by atoms with Gasteiger partial charge in [0.2, 0.25) is 0 Å². The minimum atomic E-state index is -0.427. The van der Waals surface area contributed by atoms with Gasteiger partial charge in [0.15, 0.2) is 5.96 Å². The van der Waals surface area contributed by atoms with E-state index in [0.717, 1.165) is 32.0 Å². The fraction of sp³-hybridized carbons (Fsp3) is 0.650. The van der Waals surface area contributed by atoms with Crippen molar-refractivity contribution < 1.29 is 5.11 Å². The quantitative estimate of drug-likeness (QED) is 0.545. The Balaban J connectivity index is 1.48. The third kappa shape index (κ3) is 5.44. The van der Waals surface area contributed by atoms with Crippen LogP contribution in [0, 0.1) is 0 Å². The number of aliphatic imine (C=N–C) groups is 1. The van der Waals surface area contributed by atoms with Crippen molar-refractivity contribution in [2.24, 2.45) is 4.99 Å². The van der Waals surface area contributed by atoms with E-state index in [9.17, 15) is 5.11 Å². The number of hydrogen-bond donors (Lipinski definition) is 3. The number of hydrogen-bond acceptors (Lipinski definition) is 3. The summed E-state index contributed by atoms with van der Waals surface area (Å²) in [5.74, 6) is 0.845. The Bertz CT molecular complexity index is 569. The molecule has 1 aromatic rings. The van der Waals surface area contributed by atoms with Crippen LogP contribution in [0.4, 0.5) is 0 Å². The highest BCUT2D eigenvalue weighted by Crippen LogP contribution is 2.19. The topological polar surface area (TPSA) is 59.9 Å². The summed E-state index contributed by atoms with van der Waals surface area (Å²) in [5, 5.41) is 17.2. The molecule has 1 saturated carbocycles. The molecular formula is C20H32N4O. The van der Waals surface area contributed by atoms with E-state index in [1.54, 1.807) is 0 Å². The molecule has 0 saturated heterocycles. The van der Waals surface area contributed by atoms with Crippen molar-refractivity contribution >= 4 is 5.96 Å².